The minimum absolute atomic E-state index is 0.125. The SMILES string of the molecule is O=C(COC(=[OH+])c1ccccc1S/C=C(/O)c1ccccc1)c1ccccc1. The largest absolute Gasteiger partial charge is 0.519 e. The van der Waals surface area contributed by atoms with Crippen LogP contribution >= 0.6 is 11.8 Å². The van der Waals surface area contributed by atoms with Gasteiger partial charge in [0.05, 0.1) is 0 Å². The molecule has 28 heavy (non-hydrogen) atoms. The van der Waals surface area contributed by atoms with Crippen LogP contribution in [0, 0.1) is 0 Å². The topological polar surface area (TPSA) is 67.9 Å². The van der Waals surface area contributed by atoms with Crippen molar-refractivity contribution in [1.82, 2.24) is 0 Å². The van der Waals surface area contributed by atoms with Gasteiger partial charge in [0.15, 0.2) is 0 Å². The molecule has 4 nitrogen and oxygen atoms in total. The van der Waals surface area contributed by atoms with Gasteiger partial charge in [-0.2, -0.15) is 0 Å². The van der Waals surface area contributed by atoms with Crippen molar-refractivity contribution >= 4 is 29.3 Å². The third-order valence-electron chi connectivity index (χ3n) is 3.92. The number of carbonyl (C=O) groups excluding carboxylic acids is 2. The van der Waals surface area contributed by atoms with E-state index in [1.54, 1.807) is 60.0 Å². The number of hydrogen-bond donors (Lipinski definition) is 1. The highest BCUT2D eigenvalue weighted by atomic mass is 32.2. The van der Waals surface area contributed by atoms with Crippen LogP contribution in [0.15, 0.2) is 95.2 Å². The van der Waals surface area contributed by atoms with Crippen molar-refractivity contribution in [2.75, 3.05) is 6.61 Å². The van der Waals surface area contributed by atoms with Crippen LogP contribution < -0.4 is 0 Å². The molecule has 0 heterocycles. The van der Waals surface area contributed by atoms with E-state index < -0.39 is 0 Å². The number of esters is 1. The predicted molar refractivity (Wildman–Crippen MR) is 112 cm³/mol. The van der Waals surface area contributed by atoms with E-state index in [0.717, 1.165) is 0 Å². The first-order chi connectivity index (χ1) is 13.6. The summed E-state index contributed by atoms with van der Waals surface area (Å²) in [6, 6.07) is 25.0. The molecule has 0 amide bonds. The summed E-state index contributed by atoms with van der Waals surface area (Å²) in [5.41, 5.74) is 1.67. The van der Waals surface area contributed by atoms with Gasteiger partial charge in [-0.1, -0.05) is 84.6 Å². The first kappa shape index (κ1) is 19.5. The Balaban J connectivity index is 1.67. The third kappa shape index (κ3) is 5.11. The van der Waals surface area contributed by atoms with E-state index in [2.05, 4.69) is 0 Å². The molecule has 0 radical (unpaired) electrons. The number of aliphatic hydroxyl groups is 1. The van der Waals surface area contributed by atoms with E-state index in [0.29, 0.717) is 21.6 Å². The van der Waals surface area contributed by atoms with Crippen LogP contribution in [-0.4, -0.2) is 28.3 Å². The van der Waals surface area contributed by atoms with E-state index in [9.17, 15) is 14.7 Å². The second kappa shape index (κ2) is 9.58. The summed E-state index contributed by atoms with van der Waals surface area (Å²) in [5, 5.41) is 11.8. The summed E-state index contributed by atoms with van der Waals surface area (Å²) in [6.45, 7) is -0.264. The highest BCUT2D eigenvalue weighted by molar-refractivity contribution is 8.02. The molecule has 0 saturated heterocycles. The molecule has 0 aliphatic rings. The molecule has 0 saturated carbocycles. The average Bonchev–Trinajstić information content (AvgIpc) is 2.77. The standard InChI is InChI=1S/C23H18O4S/c24-20(17-9-3-1-4-10-17)15-27-23(26)19-13-7-8-14-22(19)28-16-21(25)18-11-5-2-6-12-18/h1-14,16,25H,15H2/p+1/b21-16+. The molecule has 0 aliphatic carbocycles. The number of benzene rings is 3. The summed E-state index contributed by atoms with van der Waals surface area (Å²) < 4.78 is 5.30. The number of aliphatic hydroxyl groups excluding tert-OH is 1. The Kier molecular flexibility index (Phi) is 6.65. The van der Waals surface area contributed by atoms with Crippen LogP contribution in [0.2, 0.25) is 0 Å². The Bertz CT molecular complexity index is 982. The van der Waals surface area contributed by atoms with Gasteiger partial charge in [-0.25, -0.2) is 0 Å². The summed E-state index contributed by atoms with van der Waals surface area (Å²) in [7, 11) is 0. The number of thioether (sulfide) groups is 1. The molecule has 3 aromatic carbocycles. The molecule has 0 aliphatic heterocycles. The van der Waals surface area contributed by atoms with Crippen LogP contribution in [0.4, 0.5) is 0 Å². The van der Waals surface area contributed by atoms with Crippen molar-refractivity contribution in [3.63, 3.8) is 0 Å². The molecule has 5 heteroatoms. The molecule has 3 rings (SSSR count). The van der Waals surface area contributed by atoms with Gasteiger partial charge in [-0.05, 0) is 12.1 Å². The molecule has 0 spiro atoms. The highest BCUT2D eigenvalue weighted by Crippen LogP contribution is 2.27. The second-order valence-electron chi connectivity index (χ2n) is 5.87. The average molecular weight is 391 g/mol. The van der Waals surface area contributed by atoms with Gasteiger partial charge in [-0.15, -0.1) is 0 Å². The Hall–Kier alpha value is -3.31. The predicted octanol–water partition coefficient (Wildman–Crippen LogP) is 5.09. The molecular formula is C23H19O4S+. The van der Waals surface area contributed by atoms with Crippen molar-refractivity contribution in [1.29, 1.82) is 0 Å². The molecule has 0 atom stereocenters. The highest BCUT2D eigenvalue weighted by Gasteiger charge is 2.22. The lowest BCUT2D eigenvalue weighted by Gasteiger charge is -2.03. The number of hydrogen-bond acceptors (Lipinski definition) is 4. The lowest BCUT2D eigenvalue weighted by atomic mass is 10.1. The van der Waals surface area contributed by atoms with E-state index in [-0.39, 0.29) is 24.1 Å². The zero-order valence-corrected chi connectivity index (χ0v) is 15.8. The van der Waals surface area contributed by atoms with Crippen molar-refractivity contribution in [2.45, 2.75) is 4.90 Å². The monoisotopic (exact) mass is 391 g/mol. The van der Waals surface area contributed by atoms with E-state index in [4.69, 9.17) is 4.74 Å². The molecule has 0 unspecified atom stereocenters. The normalized spacial score (nSPS) is 11.1. The lowest BCUT2D eigenvalue weighted by Crippen LogP contribution is -2.15. The van der Waals surface area contributed by atoms with Gasteiger partial charge in [-0.3, -0.25) is 4.79 Å². The minimum atomic E-state index is -0.333. The Morgan fingerprint density at radius 1 is 0.893 bits per heavy atom. The molecule has 3 aromatic rings. The van der Waals surface area contributed by atoms with Gasteiger partial charge in [0.25, 0.3) is 0 Å². The number of rotatable bonds is 7. The van der Waals surface area contributed by atoms with Crippen molar-refractivity contribution in [3.8, 4) is 0 Å². The smallest absolute Gasteiger partial charge is 0.507 e. The van der Waals surface area contributed by atoms with Crippen molar-refractivity contribution < 1.29 is 19.4 Å². The summed E-state index contributed by atoms with van der Waals surface area (Å²) in [6.07, 6.45) is 0. The van der Waals surface area contributed by atoms with Crippen molar-refractivity contribution in [3.05, 3.63) is 107 Å². The maximum Gasteiger partial charge on any atom is 0.519 e. The zero-order chi connectivity index (χ0) is 19.8. The van der Waals surface area contributed by atoms with Crippen LogP contribution in [0.1, 0.15) is 21.5 Å². The van der Waals surface area contributed by atoms with Gasteiger partial charge in [0.2, 0.25) is 12.4 Å². The van der Waals surface area contributed by atoms with Crippen LogP contribution in [-0.2, 0) is 4.74 Å². The van der Waals surface area contributed by atoms with Crippen LogP contribution in [0.5, 0.6) is 0 Å². The molecular weight excluding hydrogens is 372 g/mol. The maximum atomic E-state index is 12.1. The molecule has 140 valence electrons. The molecule has 0 fully saturated rings. The second-order valence-corrected chi connectivity index (χ2v) is 6.78. The third-order valence-corrected chi connectivity index (χ3v) is 4.87. The quantitative estimate of drug-likeness (QED) is 0.200. The molecule has 2 N–H and O–H groups in total. The summed E-state index contributed by atoms with van der Waals surface area (Å²) in [5.74, 6) is -0.432. The zero-order valence-electron chi connectivity index (χ0n) is 15.0. The minimum Gasteiger partial charge on any atom is -0.507 e. The number of ether oxygens (including phenoxy) is 1. The summed E-state index contributed by atoms with van der Waals surface area (Å²) in [4.78, 5) is 23.2. The first-order valence-electron chi connectivity index (χ1n) is 8.62. The molecule has 0 bridgehead atoms. The Morgan fingerprint density at radius 2 is 1.46 bits per heavy atom. The number of carbonyl (C=O) groups is 1. The lowest BCUT2D eigenvalue weighted by molar-refractivity contribution is 0.0905. The number of ketones is 1. The maximum absolute atomic E-state index is 12.1. The van der Waals surface area contributed by atoms with E-state index in [1.165, 1.54) is 11.8 Å². The summed E-state index contributed by atoms with van der Waals surface area (Å²) >= 11 is 1.25. The van der Waals surface area contributed by atoms with Crippen LogP contribution in [0.25, 0.3) is 5.76 Å². The van der Waals surface area contributed by atoms with Crippen molar-refractivity contribution in [2.24, 2.45) is 0 Å². The van der Waals surface area contributed by atoms with E-state index in [1.807, 2.05) is 30.3 Å². The first-order valence-corrected chi connectivity index (χ1v) is 9.50. The van der Waals surface area contributed by atoms with Gasteiger partial charge in [0.1, 0.15) is 11.3 Å². The Labute approximate surface area is 167 Å². The fourth-order valence-electron chi connectivity index (χ4n) is 2.46. The fourth-order valence-corrected chi connectivity index (χ4v) is 3.28. The van der Waals surface area contributed by atoms with Gasteiger partial charge in [0, 0.05) is 21.4 Å². The van der Waals surface area contributed by atoms with Gasteiger partial charge >= 0.3 is 5.97 Å². The van der Waals surface area contributed by atoms with E-state index >= 15 is 0 Å². The Morgan fingerprint density at radius 3 is 2.14 bits per heavy atom. The number of Topliss-reactive ketones (excluding diaryl/α,β-unsaturated/α-hetero) is 1. The molecule has 0 aromatic heterocycles. The fraction of sp³-hybridized carbons (Fsp3) is 0.0435. The van der Waals surface area contributed by atoms with Gasteiger partial charge < -0.3 is 14.6 Å². The van der Waals surface area contributed by atoms with Crippen LogP contribution in [0.3, 0.4) is 0 Å².